The summed E-state index contributed by atoms with van der Waals surface area (Å²) in [5, 5.41) is 0. The molecule has 0 heterocycles. The van der Waals surface area contributed by atoms with Crippen molar-refractivity contribution < 1.29 is 0 Å². The molecule has 0 nitrogen and oxygen atoms in total. The summed E-state index contributed by atoms with van der Waals surface area (Å²) in [7, 11) is 0. The maximum absolute atomic E-state index is 2.40. The maximum atomic E-state index is 2.40. The number of hydrogen-bond donors (Lipinski definition) is 0. The van der Waals surface area contributed by atoms with E-state index in [4.69, 9.17) is 0 Å². The molecule has 0 atom stereocenters. The first-order chi connectivity index (χ1) is 8.16. The zero-order valence-corrected chi connectivity index (χ0v) is 17.5. The van der Waals surface area contributed by atoms with Gasteiger partial charge in [0.05, 0.1) is 0 Å². The van der Waals surface area contributed by atoms with Crippen LogP contribution in [0.5, 0.6) is 0 Å². The minimum atomic E-state index is -1.51. The molecule has 0 aromatic rings. The Kier molecular flexibility index (Phi) is 17.8. The van der Waals surface area contributed by atoms with Crippen LogP contribution in [0.3, 0.4) is 0 Å². The number of hydrogen-bond acceptors (Lipinski definition) is 0. The van der Waals surface area contributed by atoms with E-state index in [1.165, 1.54) is 38.5 Å². The second kappa shape index (κ2) is 15.0. The van der Waals surface area contributed by atoms with E-state index in [1.54, 1.807) is 15.9 Å². The quantitative estimate of drug-likeness (QED) is 0.272. The van der Waals surface area contributed by atoms with Crippen molar-refractivity contribution in [3.8, 4) is 0 Å². The molecule has 0 aromatic heterocycles. The van der Waals surface area contributed by atoms with Crippen LogP contribution in [0.2, 0.25) is 15.9 Å². The molecule has 0 saturated carbocycles. The SMILES string of the molecule is CCCCCCCC.C[CH2][Pb]([CH2]C)([CH2]C)[CH2]C. The Morgan fingerprint density at radius 2 is 0.765 bits per heavy atom. The Morgan fingerprint density at radius 3 is 0.882 bits per heavy atom. The molecular formula is C16H38Pb. The van der Waals surface area contributed by atoms with Crippen LogP contribution in [0.15, 0.2) is 0 Å². The van der Waals surface area contributed by atoms with Crippen molar-refractivity contribution in [3.05, 3.63) is 0 Å². The standard InChI is InChI=1S/C8H18.4C2H5.Pb/c1-3-5-7-8-6-4-2;4*1-2;/h3-8H2,1-2H3;4*1H2,2H3;. The molecule has 0 spiro atoms. The van der Waals surface area contributed by atoms with Crippen molar-refractivity contribution in [2.45, 2.75) is 96.0 Å². The second-order valence-electron chi connectivity index (χ2n) is 5.33. The van der Waals surface area contributed by atoms with Crippen molar-refractivity contribution in [2.24, 2.45) is 0 Å². The van der Waals surface area contributed by atoms with Crippen LogP contribution in [0, 0.1) is 0 Å². The van der Waals surface area contributed by atoms with E-state index < -0.39 is 21.2 Å². The van der Waals surface area contributed by atoms with Crippen LogP contribution < -0.4 is 0 Å². The average Bonchev–Trinajstić information content (AvgIpc) is 2.39. The van der Waals surface area contributed by atoms with Gasteiger partial charge in [0.1, 0.15) is 0 Å². The second-order valence-corrected chi connectivity index (χ2v) is 28.0. The van der Waals surface area contributed by atoms with Crippen LogP contribution in [0.25, 0.3) is 0 Å². The Labute approximate surface area is 117 Å². The first kappa shape index (κ1) is 20.2. The van der Waals surface area contributed by atoms with Gasteiger partial charge in [-0.05, 0) is 0 Å². The molecule has 1 heteroatoms. The van der Waals surface area contributed by atoms with E-state index in [9.17, 15) is 0 Å². The number of unbranched alkanes of at least 4 members (excludes halogenated alkanes) is 5. The molecule has 0 N–H and O–H groups in total. The predicted molar refractivity (Wildman–Crippen MR) is 86.7 cm³/mol. The summed E-state index contributed by atoms with van der Waals surface area (Å²) >= 11 is -1.51. The molecule has 0 amide bonds. The summed E-state index contributed by atoms with van der Waals surface area (Å²) in [6.07, 6.45) is 8.49. The van der Waals surface area contributed by atoms with E-state index >= 15 is 0 Å². The summed E-state index contributed by atoms with van der Waals surface area (Å²) in [5.41, 5.74) is 0. The molecule has 17 heavy (non-hydrogen) atoms. The van der Waals surface area contributed by atoms with Gasteiger partial charge in [0, 0.05) is 0 Å². The van der Waals surface area contributed by atoms with Crippen molar-refractivity contribution in [1.82, 2.24) is 0 Å². The van der Waals surface area contributed by atoms with Gasteiger partial charge in [0.15, 0.2) is 0 Å². The van der Waals surface area contributed by atoms with Crippen LogP contribution >= 0.6 is 0 Å². The fourth-order valence-electron chi connectivity index (χ4n) is 2.35. The van der Waals surface area contributed by atoms with Gasteiger partial charge in [-0.1, -0.05) is 52.4 Å². The predicted octanol–water partition coefficient (Wildman–Crippen LogP) is 6.88. The van der Waals surface area contributed by atoms with Gasteiger partial charge in [-0.3, -0.25) is 0 Å². The summed E-state index contributed by atoms with van der Waals surface area (Å²) < 4.78 is 6.26. The molecule has 0 rings (SSSR count). The van der Waals surface area contributed by atoms with E-state index in [-0.39, 0.29) is 0 Å². The third-order valence-corrected chi connectivity index (χ3v) is 27.8. The third kappa shape index (κ3) is 11.7. The summed E-state index contributed by atoms with van der Waals surface area (Å²) in [4.78, 5) is 0. The van der Waals surface area contributed by atoms with Gasteiger partial charge >= 0.3 is 64.8 Å². The van der Waals surface area contributed by atoms with Crippen molar-refractivity contribution in [3.63, 3.8) is 0 Å². The topological polar surface area (TPSA) is 0 Å². The summed E-state index contributed by atoms with van der Waals surface area (Å²) in [6.45, 7) is 14.1. The molecule has 0 aliphatic rings. The molecule has 0 aromatic carbocycles. The Balaban J connectivity index is 0. The van der Waals surface area contributed by atoms with Crippen molar-refractivity contribution in [1.29, 1.82) is 0 Å². The van der Waals surface area contributed by atoms with Gasteiger partial charge < -0.3 is 0 Å². The molecule has 0 unspecified atom stereocenters. The molecule has 106 valence electrons. The van der Waals surface area contributed by atoms with Crippen molar-refractivity contribution in [2.75, 3.05) is 0 Å². The minimum absolute atomic E-state index is 1.36. The normalized spacial score (nSPS) is 10.9. The molecule has 0 saturated heterocycles. The molecule has 0 radical (unpaired) electrons. The average molecular weight is 438 g/mol. The van der Waals surface area contributed by atoms with Crippen molar-refractivity contribution >= 4 is 21.2 Å². The third-order valence-electron chi connectivity index (χ3n) is 4.46. The van der Waals surface area contributed by atoms with Gasteiger partial charge in [-0.25, -0.2) is 0 Å². The zero-order valence-electron chi connectivity index (χ0n) is 13.6. The van der Waals surface area contributed by atoms with Gasteiger partial charge in [0.2, 0.25) is 0 Å². The molecule has 0 bridgehead atoms. The molecular weight excluding hydrogens is 399 g/mol. The zero-order chi connectivity index (χ0) is 13.6. The molecule has 0 fully saturated rings. The monoisotopic (exact) mass is 438 g/mol. The Hall–Kier alpha value is 0.922. The van der Waals surface area contributed by atoms with Crippen LogP contribution in [-0.2, 0) is 0 Å². The Morgan fingerprint density at radius 1 is 0.471 bits per heavy atom. The molecule has 0 aliphatic carbocycles. The van der Waals surface area contributed by atoms with Gasteiger partial charge in [-0.2, -0.15) is 0 Å². The fraction of sp³-hybridized carbons (Fsp3) is 1.00. The first-order valence-corrected chi connectivity index (χ1v) is 19.2. The Bertz CT molecular complexity index is 104. The van der Waals surface area contributed by atoms with Gasteiger partial charge in [-0.15, -0.1) is 0 Å². The van der Waals surface area contributed by atoms with E-state index in [0.717, 1.165) is 0 Å². The van der Waals surface area contributed by atoms with E-state index in [2.05, 4.69) is 41.5 Å². The van der Waals surface area contributed by atoms with Crippen LogP contribution in [-0.4, -0.2) is 21.2 Å². The summed E-state index contributed by atoms with van der Waals surface area (Å²) in [5.74, 6) is 0. The fourth-order valence-corrected chi connectivity index (χ4v) is 14.0. The summed E-state index contributed by atoms with van der Waals surface area (Å²) in [6, 6.07) is 0. The first-order valence-electron chi connectivity index (χ1n) is 8.16. The van der Waals surface area contributed by atoms with E-state index in [1.807, 2.05) is 0 Å². The van der Waals surface area contributed by atoms with Gasteiger partial charge in [0.25, 0.3) is 0 Å². The number of rotatable bonds is 9. The molecule has 0 aliphatic heterocycles. The van der Waals surface area contributed by atoms with E-state index in [0.29, 0.717) is 0 Å². The van der Waals surface area contributed by atoms with Crippen LogP contribution in [0.4, 0.5) is 0 Å². The van der Waals surface area contributed by atoms with Crippen LogP contribution in [0.1, 0.15) is 80.1 Å².